The Morgan fingerprint density at radius 1 is 1.39 bits per heavy atom. The molecule has 98 valence electrons. The van der Waals surface area contributed by atoms with Crippen molar-refractivity contribution >= 4 is 11.7 Å². The molecule has 0 aromatic heterocycles. The maximum absolute atomic E-state index is 11.6. The van der Waals surface area contributed by atoms with Crippen LogP contribution in [0.15, 0.2) is 24.3 Å². The summed E-state index contributed by atoms with van der Waals surface area (Å²) in [7, 11) is 1.60. The number of urea groups is 1. The van der Waals surface area contributed by atoms with Crippen molar-refractivity contribution in [2.24, 2.45) is 5.92 Å². The quantitative estimate of drug-likeness (QED) is 0.760. The SMILES string of the molecule is COc1ccc(NC(=O)NCC2CC(O)C2)cc1. The first-order valence-corrected chi connectivity index (χ1v) is 6.04. The van der Waals surface area contributed by atoms with Gasteiger partial charge in [-0.1, -0.05) is 0 Å². The molecule has 3 N–H and O–H groups in total. The van der Waals surface area contributed by atoms with Crippen LogP contribution in [0.25, 0.3) is 0 Å². The van der Waals surface area contributed by atoms with Gasteiger partial charge in [-0.3, -0.25) is 0 Å². The third-order valence-electron chi connectivity index (χ3n) is 3.11. The first kappa shape index (κ1) is 12.7. The number of carbonyl (C=O) groups excluding carboxylic acids is 1. The van der Waals surface area contributed by atoms with Gasteiger partial charge in [0.2, 0.25) is 0 Å². The third kappa shape index (κ3) is 3.37. The first-order chi connectivity index (χ1) is 8.67. The summed E-state index contributed by atoms with van der Waals surface area (Å²) >= 11 is 0. The predicted molar refractivity (Wildman–Crippen MR) is 68.7 cm³/mol. The van der Waals surface area contributed by atoms with Crippen LogP contribution in [0.4, 0.5) is 10.5 Å². The molecular formula is C13H18N2O3. The number of anilines is 1. The second-order valence-electron chi connectivity index (χ2n) is 4.55. The molecule has 1 aliphatic carbocycles. The number of ether oxygens (including phenoxy) is 1. The summed E-state index contributed by atoms with van der Waals surface area (Å²) in [6.07, 6.45) is 1.38. The Morgan fingerprint density at radius 2 is 2.06 bits per heavy atom. The second kappa shape index (κ2) is 5.73. The lowest BCUT2D eigenvalue weighted by atomic mass is 9.82. The summed E-state index contributed by atoms with van der Waals surface area (Å²) in [6.45, 7) is 0.610. The number of nitrogens with one attached hydrogen (secondary N) is 2. The van der Waals surface area contributed by atoms with E-state index in [1.807, 2.05) is 0 Å². The van der Waals surface area contributed by atoms with E-state index in [1.54, 1.807) is 31.4 Å². The molecule has 0 aliphatic heterocycles. The van der Waals surface area contributed by atoms with Crippen LogP contribution < -0.4 is 15.4 Å². The lowest BCUT2D eigenvalue weighted by molar-refractivity contribution is 0.0443. The van der Waals surface area contributed by atoms with Crippen molar-refractivity contribution in [1.82, 2.24) is 5.32 Å². The minimum Gasteiger partial charge on any atom is -0.497 e. The van der Waals surface area contributed by atoms with Gasteiger partial charge in [0.05, 0.1) is 13.2 Å². The van der Waals surface area contributed by atoms with E-state index in [0.717, 1.165) is 24.3 Å². The number of aliphatic hydroxyl groups excluding tert-OH is 1. The summed E-state index contributed by atoms with van der Waals surface area (Å²) in [4.78, 5) is 11.6. The normalized spacial score (nSPS) is 21.9. The maximum atomic E-state index is 11.6. The number of hydrogen-bond acceptors (Lipinski definition) is 3. The van der Waals surface area contributed by atoms with Crippen LogP contribution in [0.2, 0.25) is 0 Å². The Hall–Kier alpha value is -1.75. The minimum atomic E-state index is -0.221. The number of hydrogen-bond donors (Lipinski definition) is 3. The molecule has 0 bridgehead atoms. The number of methoxy groups -OCH3 is 1. The summed E-state index contributed by atoms with van der Waals surface area (Å²) < 4.78 is 5.03. The van der Waals surface area contributed by atoms with Gasteiger partial charge in [0.15, 0.2) is 0 Å². The Morgan fingerprint density at radius 3 is 2.61 bits per heavy atom. The largest absolute Gasteiger partial charge is 0.497 e. The van der Waals surface area contributed by atoms with E-state index in [4.69, 9.17) is 9.84 Å². The van der Waals surface area contributed by atoms with Crippen molar-refractivity contribution < 1.29 is 14.6 Å². The summed E-state index contributed by atoms with van der Waals surface area (Å²) in [5.74, 6) is 1.16. The van der Waals surface area contributed by atoms with E-state index in [-0.39, 0.29) is 12.1 Å². The highest BCUT2D eigenvalue weighted by Crippen LogP contribution is 2.26. The van der Waals surface area contributed by atoms with Crippen LogP contribution in [0.3, 0.4) is 0 Å². The standard InChI is InChI=1S/C13H18N2O3/c1-18-12-4-2-10(3-5-12)15-13(17)14-8-9-6-11(16)7-9/h2-5,9,11,16H,6-8H2,1H3,(H2,14,15,17). The molecule has 1 fully saturated rings. The van der Waals surface area contributed by atoms with Crippen molar-refractivity contribution in [3.8, 4) is 5.75 Å². The van der Waals surface area contributed by atoms with Crippen LogP contribution in [-0.4, -0.2) is 30.9 Å². The van der Waals surface area contributed by atoms with E-state index in [0.29, 0.717) is 12.5 Å². The van der Waals surface area contributed by atoms with Gasteiger partial charge in [-0.05, 0) is 43.0 Å². The lowest BCUT2D eigenvalue weighted by Gasteiger charge is -2.31. The zero-order valence-electron chi connectivity index (χ0n) is 10.3. The Bertz CT molecular complexity index is 399. The molecule has 0 spiro atoms. The molecule has 0 saturated heterocycles. The number of benzene rings is 1. The molecule has 2 rings (SSSR count). The predicted octanol–water partition coefficient (Wildman–Crippen LogP) is 1.59. The van der Waals surface area contributed by atoms with Crippen LogP contribution in [0.1, 0.15) is 12.8 Å². The van der Waals surface area contributed by atoms with Gasteiger partial charge in [0, 0.05) is 12.2 Å². The van der Waals surface area contributed by atoms with E-state index in [1.165, 1.54) is 0 Å². The monoisotopic (exact) mass is 250 g/mol. The molecule has 0 radical (unpaired) electrons. The van der Waals surface area contributed by atoms with Gasteiger partial charge in [0.1, 0.15) is 5.75 Å². The molecule has 1 aliphatic rings. The zero-order chi connectivity index (χ0) is 13.0. The molecule has 1 aromatic rings. The molecule has 2 amide bonds. The summed E-state index contributed by atoms with van der Waals surface area (Å²) in [6, 6.07) is 6.92. The molecule has 0 atom stereocenters. The van der Waals surface area contributed by atoms with E-state index in [9.17, 15) is 4.79 Å². The molecule has 1 saturated carbocycles. The van der Waals surface area contributed by atoms with Gasteiger partial charge < -0.3 is 20.5 Å². The molecule has 1 aromatic carbocycles. The lowest BCUT2D eigenvalue weighted by Crippen LogP contribution is -2.39. The Kier molecular flexibility index (Phi) is 4.04. The van der Waals surface area contributed by atoms with Gasteiger partial charge >= 0.3 is 6.03 Å². The number of amides is 2. The number of aliphatic hydroxyl groups is 1. The van der Waals surface area contributed by atoms with Crippen molar-refractivity contribution in [3.05, 3.63) is 24.3 Å². The van der Waals surface area contributed by atoms with Gasteiger partial charge in [0.25, 0.3) is 0 Å². The molecule has 5 nitrogen and oxygen atoms in total. The van der Waals surface area contributed by atoms with Crippen molar-refractivity contribution in [2.75, 3.05) is 19.0 Å². The van der Waals surface area contributed by atoms with Crippen LogP contribution in [-0.2, 0) is 0 Å². The van der Waals surface area contributed by atoms with Crippen molar-refractivity contribution in [1.29, 1.82) is 0 Å². The molecule has 0 heterocycles. The number of rotatable bonds is 4. The van der Waals surface area contributed by atoms with Crippen LogP contribution >= 0.6 is 0 Å². The molecular weight excluding hydrogens is 232 g/mol. The molecule has 18 heavy (non-hydrogen) atoms. The zero-order valence-corrected chi connectivity index (χ0v) is 10.3. The topological polar surface area (TPSA) is 70.6 Å². The minimum absolute atomic E-state index is 0.179. The maximum Gasteiger partial charge on any atom is 0.319 e. The fraction of sp³-hybridized carbons (Fsp3) is 0.462. The Balaban J connectivity index is 1.72. The van der Waals surface area contributed by atoms with Gasteiger partial charge in [-0.25, -0.2) is 4.79 Å². The second-order valence-corrected chi connectivity index (χ2v) is 4.55. The van der Waals surface area contributed by atoms with E-state index >= 15 is 0 Å². The smallest absolute Gasteiger partial charge is 0.319 e. The average molecular weight is 250 g/mol. The highest BCUT2D eigenvalue weighted by Gasteiger charge is 2.27. The molecule has 0 unspecified atom stereocenters. The van der Waals surface area contributed by atoms with E-state index < -0.39 is 0 Å². The van der Waals surface area contributed by atoms with E-state index in [2.05, 4.69) is 10.6 Å². The fourth-order valence-corrected chi connectivity index (χ4v) is 1.95. The van der Waals surface area contributed by atoms with Crippen molar-refractivity contribution in [2.45, 2.75) is 18.9 Å². The highest BCUT2D eigenvalue weighted by molar-refractivity contribution is 5.89. The van der Waals surface area contributed by atoms with Gasteiger partial charge in [-0.15, -0.1) is 0 Å². The summed E-state index contributed by atoms with van der Waals surface area (Å²) in [5, 5.41) is 14.7. The third-order valence-corrected chi connectivity index (χ3v) is 3.11. The highest BCUT2D eigenvalue weighted by atomic mass is 16.5. The Labute approximate surface area is 106 Å². The molecule has 5 heteroatoms. The first-order valence-electron chi connectivity index (χ1n) is 6.04. The average Bonchev–Trinajstić information content (AvgIpc) is 2.34. The van der Waals surface area contributed by atoms with Crippen LogP contribution in [0.5, 0.6) is 5.75 Å². The fourth-order valence-electron chi connectivity index (χ4n) is 1.95. The van der Waals surface area contributed by atoms with Gasteiger partial charge in [-0.2, -0.15) is 0 Å². The number of carbonyl (C=O) groups is 1. The summed E-state index contributed by atoms with van der Waals surface area (Å²) in [5.41, 5.74) is 0.724. The van der Waals surface area contributed by atoms with Crippen molar-refractivity contribution in [3.63, 3.8) is 0 Å². The van der Waals surface area contributed by atoms with Crippen LogP contribution in [0, 0.1) is 5.92 Å².